The van der Waals surface area contributed by atoms with E-state index in [0.717, 1.165) is 12.1 Å². The van der Waals surface area contributed by atoms with Gasteiger partial charge in [0.15, 0.2) is 0 Å². The summed E-state index contributed by atoms with van der Waals surface area (Å²) in [4.78, 5) is 14.4. The van der Waals surface area contributed by atoms with Crippen molar-refractivity contribution >= 4 is 22.7 Å². The summed E-state index contributed by atoms with van der Waals surface area (Å²) in [5.41, 5.74) is 1.28. The van der Waals surface area contributed by atoms with Gasteiger partial charge in [-0.15, -0.1) is 13.2 Å². The molecule has 0 spiro atoms. The Morgan fingerprint density at radius 2 is 1.81 bits per heavy atom. The van der Waals surface area contributed by atoms with Crippen LogP contribution in [0.2, 0.25) is 0 Å². The molecular weight excluding hydrogens is 251 g/mol. The van der Waals surface area contributed by atoms with Gasteiger partial charge in [0, 0.05) is 11.6 Å². The minimum Gasteiger partial charge on any atom is -0.406 e. The first kappa shape index (κ1) is 12.4. The van der Waals surface area contributed by atoms with Gasteiger partial charge in [0.05, 0.1) is 5.69 Å². The smallest absolute Gasteiger partial charge is 0.406 e. The van der Waals surface area contributed by atoms with Crippen LogP contribution in [0.1, 0.15) is 0 Å². The van der Waals surface area contributed by atoms with E-state index in [0.29, 0.717) is 0 Å². The molecule has 16 heavy (non-hydrogen) atoms. The molecule has 0 radical (unpaired) electrons. The predicted molar refractivity (Wildman–Crippen MR) is 49.1 cm³/mol. The van der Waals surface area contributed by atoms with Crippen molar-refractivity contribution in [2.75, 3.05) is 5.48 Å². The van der Waals surface area contributed by atoms with Gasteiger partial charge in [-0.25, -0.2) is 10.3 Å². The molecule has 0 fully saturated rings. The highest BCUT2D eigenvalue weighted by Gasteiger charge is 2.30. The van der Waals surface area contributed by atoms with Crippen LogP contribution in [0.15, 0.2) is 24.3 Å². The Morgan fingerprint density at radius 3 is 2.25 bits per heavy atom. The summed E-state index contributed by atoms with van der Waals surface area (Å²) >= 11 is 4.85. The van der Waals surface area contributed by atoms with Gasteiger partial charge in [0.25, 0.3) is 0 Å². The zero-order chi connectivity index (χ0) is 12.2. The van der Waals surface area contributed by atoms with E-state index in [2.05, 4.69) is 15.1 Å². The fourth-order valence-electron chi connectivity index (χ4n) is 0.824. The normalized spacial score (nSPS) is 10.8. The summed E-state index contributed by atoms with van der Waals surface area (Å²) in [5.74, 6) is -0.379. The first-order valence-corrected chi connectivity index (χ1v) is 4.23. The molecule has 0 unspecified atom stereocenters. The molecule has 1 rings (SSSR count). The summed E-state index contributed by atoms with van der Waals surface area (Å²) in [6, 6.07) is 4.55. The van der Waals surface area contributed by atoms with E-state index in [4.69, 9.17) is 11.6 Å². The SMILES string of the molecule is O=C(Cl)ONc1ccc(OC(F)(F)F)cc1. The maximum absolute atomic E-state index is 11.8. The molecule has 0 bridgehead atoms. The van der Waals surface area contributed by atoms with Crippen LogP contribution in [-0.2, 0) is 4.84 Å². The number of alkyl halides is 3. The zero-order valence-electron chi connectivity index (χ0n) is 7.55. The number of hydrogen-bond donors (Lipinski definition) is 1. The van der Waals surface area contributed by atoms with Crippen molar-refractivity contribution in [3.8, 4) is 5.75 Å². The van der Waals surface area contributed by atoms with E-state index < -0.39 is 11.8 Å². The van der Waals surface area contributed by atoms with Gasteiger partial charge in [-0.3, -0.25) is 0 Å². The highest BCUT2D eigenvalue weighted by atomic mass is 35.5. The first-order valence-electron chi connectivity index (χ1n) is 3.85. The van der Waals surface area contributed by atoms with Crippen molar-refractivity contribution in [1.82, 2.24) is 0 Å². The number of benzene rings is 1. The van der Waals surface area contributed by atoms with Crippen LogP contribution in [0, 0.1) is 0 Å². The predicted octanol–water partition coefficient (Wildman–Crippen LogP) is 3.29. The second-order valence-corrected chi connectivity index (χ2v) is 2.82. The Morgan fingerprint density at radius 1 is 1.25 bits per heavy atom. The molecule has 0 heterocycles. The second kappa shape index (κ2) is 4.93. The quantitative estimate of drug-likeness (QED) is 0.665. The molecule has 1 aromatic carbocycles. The summed E-state index contributed by atoms with van der Waals surface area (Å²) in [6.45, 7) is 0. The summed E-state index contributed by atoms with van der Waals surface area (Å²) < 4.78 is 38.9. The van der Waals surface area contributed by atoms with Gasteiger partial charge in [0.2, 0.25) is 0 Å². The zero-order valence-corrected chi connectivity index (χ0v) is 8.30. The Hall–Kier alpha value is -1.63. The van der Waals surface area contributed by atoms with Crippen LogP contribution in [0.5, 0.6) is 5.75 Å². The monoisotopic (exact) mass is 255 g/mol. The van der Waals surface area contributed by atoms with E-state index in [9.17, 15) is 18.0 Å². The van der Waals surface area contributed by atoms with E-state index in [1.54, 1.807) is 0 Å². The molecule has 0 atom stereocenters. The van der Waals surface area contributed by atoms with Crippen molar-refractivity contribution in [1.29, 1.82) is 0 Å². The van der Waals surface area contributed by atoms with Crippen LogP contribution in [0.25, 0.3) is 0 Å². The van der Waals surface area contributed by atoms with Crippen LogP contribution >= 0.6 is 11.6 Å². The van der Waals surface area contributed by atoms with E-state index >= 15 is 0 Å². The highest BCUT2D eigenvalue weighted by molar-refractivity contribution is 6.61. The van der Waals surface area contributed by atoms with Crippen molar-refractivity contribution < 1.29 is 27.5 Å². The lowest BCUT2D eigenvalue weighted by atomic mass is 10.3. The van der Waals surface area contributed by atoms with Gasteiger partial charge in [-0.2, -0.15) is 0 Å². The van der Waals surface area contributed by atoms with Crippen molar-refractivity contribution in [3.05, 3.63) is 24.3 Å². The maximum atomic E-state index is 11.8. The molecule has 4 nitrogen and oxygen atoms in total. The van der Waals surface area contributed by atoms with E-state index in [1.807, 2.05) is 0 Å². The largest absolute Gasteiger partial charge is 0.573 e. The third kappa shape index (κ3) is 4.74. The van der Waals surface area contributed by atoms with Gasteiger partial charge in [0.1, 0.15) is 5.75 Å². The fraction of sp³-hybridized carbons (Fsp3) is 0.125. The minimum atomic E-state index is -4.74. The molecule has 0 aliphatic rings. The molecule has 1 N–H and O–H groups in total. The molecular formula is C8H5ClF3NO3. The molecule has 0 aliphatic carbocycles. The number of hydrogen-bond acceptors (Lipinski definition) is 4. The van der Waals surface area contributed by atoms with Crippen LogP contribution in [-0.4, -0.2) is 11.8 Å². The van der Waals surface area contributed by atoms with Crippen molar-refractivity contribution in [2.24, 2.45) is 0 Å². The van der Waals surface area contributed by atoms with Crippen LogP contribution < -0.4 is 10.2 Å². The van der Waals surface area contributed by atoms with Crippen LogP contribution in [0.3, 0.4) is 0 Å². The Labute approximate surface area is 92.9 Å². The Balaban J connectivity index is 2.57. The lowest BCUT2D eigenvalue weighted by Crippen LogP contribution is -2.17. The molecule has 8 heteroatoms. The summed E-state index contributed by atoms with van der Waals surface area (Å²) in [7, 11) is 0. The minimum absolute atomic E-state index is 0.253. The van der Waals surface area contributed by atoms with Gasteiger partial charge in [-0.1, -0.05) is 0 Å². The molecule has 0 amide bonds. The topological polar surface area (TPSA) is 47.6 Å². The second-order valence-electron chi connectivity index (χ2n) is 2.51. The third-order valence-electron chi connectivity index (χ3n) is 1.34. The molecule has 1 aromatic rings. The molecule has 88 valence electrons. The van der Waals surface area contributed by atoms with E-state index in [-0.39, 0.29) is 11.4 Å². The van der Waals surface area contributed by atoms with Crippen molar-refractivity contribution in [2.45, 2.75) is 6.36 Å². The first-order chi connectivity index (χ1) is 7.37. The standard InChI is InChI=1S/C8H5ClF3NO3/c9-7(14)16-13-5-1-3-6(4-2-5)15-8(10,11)12/h1-4,13H. The highest BCUT2D eigenvalue weighted by Crippen LogP contribution is 2.23. The number of rotatable bonds is 3. The average Bonchev–Trinajstić information content (AvgIpc) is 2.14. The number of ether oxygens (including phenoxy) is 1. The number of nitrogens with one attached hydrogen (secondary N) is 1. The van der Waals surface area contributed by atoms with Gasteiger partial charge >= 0.3 is 11.8 Å². The number of anilines is 1. The Bertz CT molecular complexity index is 366. The van der Waals surface area contributed by atoms with Crippen LogP contribution in [0.4, 0.5) is 23.7 Å². The number of carbonyl (C=O) groups excluding carboxylic acids is 1. The maximum Gasteiger partial charge on any atom is 0.573 e. The lowest BCUT2D eigenvalue weighted by Gasteiger charge is -2.09. The van der Waals surface area contributed by atoms with Gasteiger partial charge in [-0.05, 0) is 24.3 Å². The van der Waals surface area contributed by atoms with E-state index in [1.165, 1.54) is 12.1 Å². The molecule has 0 saturated heterocycles. The fourth-order valence-corrected chi connectivity index (χ4v) is 0.862. The number of carbonyl (C=O) groups is 1. The summed E-state index contributed by atoms with van der Waals surface area (Å²) in [5, 5.41) is 0. The molecule has 0 aliphatic heterocycles. The lowest BCUT2D eigenvalue weighted by molar-refractivity contribution is -0.274. The number of halogens is 4. The molecule has 0 aromatic heterocycles. The third-order valence-corrected chi connectivity index (χ3v) is 1.41. The average molecular weight is 256 g/mol. The molecule has 0 saturated carbocycles. The Kier molecular flexibility index (Phi) is 3.83. The summed E-state index contributed by atoms with van der Waals surface area (Å²) in [6.07, 6.45) is -4.74. The van der Waals surface area contributed by atoms with Gasteiger partial charge < -0.3 is 9.57 Å². The van der Waals surface area contributed by atoms with Crippen molar-refractivity contribution in [3.63, 3.8) is 0 Å².